The van der Waals surface area contributed by atoms with Crippen molar-refractivity contribution < 1.29 is 0 Å². The Morgan fingerprint density at radius 1 is 1.50 bits per heavy atom. The highest BCUT2D eigenvalue weighted by Crippen LogP contribution is 2.52. The quantitative estimate of drug-likeness (QED) is 0.809. The lowest BCUT2D eigenvalue weighted by atomic mass is 9.95. The zero-order valence-electron chi connectivity index (χ0n) is 9.21. The summed E-state index contributed by atoms with van der Waals surface area (Å²) in [5, 5.41) is 21.2. The second-order valence-electron chi connectivity index (χ2n) is 4.00. The predicted molar refractivity (Wildman–Crippen MR) is 64.1 cm³/mol. The molecular weight excluding hydrogens is 218 g/mol. The molecule has 0 unspecified atom stereocenters. The van der Waals surface area contributed by atoms with Gasteiger partial charge in [0.25, 0.3) is 0 Å². The molecule has 2 aliphatic rings. The Bertz CT molecular complexity index is 444. The maximum atomic E-state index is 9.14. The number of allylic oxidation sites excluding steroid dienone is 2. The number of hydrogen-bond donors (Lipinski definition) is 1. The van der Waals surface area contributed by atoms with Gasteiger partial charge in [0.15, 0.2) is 0 Å². The minimum atomic E-state index is -0.229. The highest BCUT2D eigenvalue weighted by Gasteiger charge is 2.47. The Hall–Kier alpha value is -1.39. The van der Waals surface area contributed by atoms with E-state index in [1.807, 2.05) is 6.08 Å². The van der Waals surface area contributed by atoms with Gasteiger partial charge in [0, 0.05) is 11.4 Å². The SMILES string of the molecule is CCSC1=C(C#N)NCC(C2(C#N)CC2)=C1. The molecule has 0 atom stereocenters. The van der Waals surface area contributed by atoms with E-state index in [2.05, 4.69) is 24.4 Å². The third-order valence-electron chi connectivity index (χ3n) is 3.00. The second-order valence-corrected chi connectivity index (χ2v) is 5.31. The summed E-state index contributed by atoms with van der Waals surface area (Å²) in [5.41, 5.74) is 1.56. The van der Waals surface area contributed by atoms with Gasteiger partial charge in [-0.05, 0) is 30.2 Å². The van der Waals surface area contributed by atoms with E-state index in [0.717, 1.165) is 29.1 Å². The molecule has 1 aliphatic heterocycles. The van der Waals surface area contributed by atoms with Crippen LogP contribution in [0.25, 0.3) is 0 Å². The van der Waals surface area contributed by atoms with E-state index >= 15 is 0 Å². The van der Waals surface area contributed by atoms with Crippen LogP contribution in [0.1, 0.15) is 19.8 Å². The number of dihydropyridines is 1. The lowest BCUT2D eigenvalue weighted by molar-refractivity contribution is 0.719. The summed E-state index contributed by atoms with van der Waals surface area (Å²) in [4.78, 5) is 0.979. The number of nitrogens with one attached hydrogen (secondary N) is 1. The molecule has 0 radical (unpaired) electrons. The van der Waals surface area contributed by atoms with E-state index in [9.17, 15) is 0 Å². The summed E-state index contributed by atoms with van der Waals surface area (Å²) < 4.78 is 0. The maximum Gasteiger partial charge on any atom is 0.127 e. The largest absolute Gasteiger partial charge is 0.372 e. The number of hydrogen-bond acceptors (Lipinski definition) is 4. The van der Waals surface area contributed by atoms with Crippen molar-refractivity contribution in [1.82, 2.24) is 5.32 Å². The molecular formula is C12H13N3S. The number of rotatable bonds is 3. The molecule has 2 rings (SSSR count). The Labute approximate surface area is 99.8 Å². The van der Waals surface area contributed by atoms with Crippen molar-refractivity contribution in [3.05, 3.63) is 22.3 Å². The number of thioether (sulfide) groups is 1. The average Bonchev–Trinajstić information content (AvgIpc) is 3.10. The summed E-state index contributed by atoms with van der Waals surface area (Å²) in [6.45, 7) is 2.70. The molecule has 0 aromatic carbocycles. The zero-order chi connectivity index (χ0) is 11.6. The Morgan fingerprint density at radius 2 is 2.25 bits per heavy atom. The molecule has 0 spiro atoms. The monoisotopic (exact) mass is 231 g/mol. The van der Waals surface area contributed by atoms with E-state index in [1.165, 1.54) is 0 Å². The number of nitriles is 2. The molecule has 0 aromatic rings. The lowest BCUT2D eigenvalue weighted by Gasteiger charge is -2.20. The third-order valence-corrected chi connectivity index (χ3v) is 3.92. The Morgan fingerprint density at radius 3 is 2.75 bits per heavy atom. The molecule has 16 heavy (non-hydrogen) atoms. The van der Waals surface area contributed by atoms with Gasteiger partial charge in [-0.2, -0.15) is 10.5 Å². The fraction of sp³-hybridized carbons (Fsp3) is 0.500. The minimum absolute atomic E-state index is 0.229. The molecule has 1 N–H and O–H groups in total. The van der Waals surface area contributed by atoms with Crippen LogP contribution in [0.5, 0.6) is 0 Å². The first-order chi connectivity index (χ1) is 7.75. The smallest absolute Gasteiger partial charge is 0.127 e. The first-order valence-corrected chi connectivity index (χ1v) is 6.37. The normalized spacial score (nSPS) is 21.6. The Kier molecular flexibility index (Phi) is 2.94. The lowest BCUT2D eigenvalue weighted by Crippen LogP contribution is -2.24. The van der Waals surface area contributed by atoms with Crippen LogP contribution in [-0.4, -0.2) is 12.3 Å². The topological polar surface area (TPSA) is 59.6 Å². The standard InChI is InChI=1S/C12H13N3S/c1-2-16-11-5-9(7-15-10(11)6-13)12(8-14)3-4-12/h5,15H,2-4,7H2,1H3. The van der Waals surface area contributed by atoms with Gasteiger partial charge in [-0.25, -0.2) is 0 Å². The van der Waals surface area contributed by atoms with E-state index in [0.29, 0.717) is 12.2 Å². The van der Waals surface area contributed by atoms with Crippen LogP contribution in [0.4, 0.5) is 0 Å². The highest BCUT2D eigenvalue weighted by atomic mass is 32.2. The maximum absolute atomic E-state index is 9.14. The summed E-state index contributed by atoms with van der Waals surface area (Å²) in [6, 6.07) is 4.56. The first kappa shape index (κ1) is 11.1. The fourth-order valence-corrected chi connectivity index (χ4v) is 2.65. The summed E-state index contributed by atoms with van der Waals surface area (Å²) in [7, 11) is 0. The molecule has 0 bridgehead atoms. The molecule has 1 saturated carbocycles. The second kappa shape index (κ2) is 4.23. The van der Waals surface area contributed by atoms with Gasteiger partial charge in [-0.15, -0.1) is 11.8 Å². The molecule has 82 valence electrons. The zero-order valence-corrected chi connectivity index (χ0v) is 10.0. The van der Waals surface area contributed by atoms with E-state index < -0.39 is 0 Å². The molecule has 1 fully saturated rings. The van der Waals surface area contributed by atoms with Crippen molar-refractivity contribution in [2.45, 2.75) is 19.8 Å². The first-order valence-electron chi connectivity index (χ1n) is 5.39. The summed E-state index contributed by atoms with van der Waals surface area (Å²) >= 11 is 1.65. The molecule has 4 heteroatoms. The van der Waals surface area contributed by atoms with Crippen molar-refractivity contribution in [2.75, 3.05) is 12.3 Å². The van der Waals surface area contributed by atoms with Crippen LogP contribution in [-0.2, 0) is 0 Å². The van der Waals surface area contributed by atoms with Gasteiger partial charge < -0.3 is 5.32 Å². The predicted octanol–water partition coefficient (Wildman–Crippen LogP) is 2.31. The van der Waals surface area contributed by atoms with Crippen LogP contribution >= 0.6 is 11.8 Å². The number of nitrogens with zero attached hydrogens (tertiary/aromatic N) is 2. The van der Waals surface area contributed by atoms with Crippen LogP contribution < -0.4 is 5.32 Å². The van der Waals surface area contributed by atoms with Gasteiger partial charge in [0.1, 0.15) is 11.8 Å². The van der Waals surface area contributed by atoms with Gasteiger partial charge in [-0.1, -0.05) is 6.92 Å². The minimum Gasteiger partial charge on any atom is -0.372 e. The summed E-state index contributed by atoms with van der Waals surface area (Å²) in [6.07, 6.45) is 3.96. The van der Waals surface area contributed by atoms with Crippen LogP contribution in [0.15, 0.2) is 22.3 Å². The van der Waals surface area contributed by atoms with E-state index in [1.54, 1.807) is 11.8 Å². The van der Waals surface area contributed by atoms with Gasteiger partial charge >= 0.3 is 0 Å². The van der Waals surface area contributed by atoms with Gasteiger partial charge in [-0.3, -0.25) is 0 Å². The highest BCUT2D eigenvalue weighted by molar-refractivity contribution is 8.03. The third kappa shape index (κ3) is 1.81. The molecule has 1 heterocycles. The van der Waals surface area contributed by atoms with E-state index in [-0.39, 0.29) is 5.41 Å². The van der Waals surface area contributed by atoms with E-state index in [4.69, 9.17) is 10.5 Å². The van der Waals surface area contributed by atoms with Crippen molar-refractivity contribution in [1.29, 1.82) is 10.5 Å². The molecule has 3 nitrogen and oxygen atoms in total. The van der Waals surface area contributed by atoms with Gasteiger partial charge in [0.05, 0.1) is 11.5 Å². The van der Waals surface area contributed by atoms with Crippen molar-refractivity contribution in [3.63, 3.8) is 0 Å². The summed E-state index contributed by atoms with van der Waals surface area (Å²) in [5.74, 6) is 0.936. The van der Waals surface area contributed by atoms with Crippen LogP contribution in [0.3, 0.4) is 0 Å². The van der Waals surface area contributed by atoms with Crippen molar-refractivity contribution in [3.8, 4) is 12.1 Å². The Balaban J connectivity index is 2.29. The molecule has 0 aromatic heterocycles. The molecule has 0 amide bonds. The van der Waals surface area contributed by atoms with Crippen LogP contribution in [0, 0.1) is 28.1 Å². The average molecular weight is 231 g/mol. The van der Waals surface area contributed by atoms with Crippen molar-refractivity contribution in [2.24, 2.45) is 5.41 Å². The van der Waals surface area contributed by atoms with Crippen LogP contribution in [0.2, 0.25) is 0 Å². The van der Waals surface area contributed by atoms with Crippen molar-refractivity contribution >= 4 is 11.8 Å². The molecule has 1 aliphatic carbocycles. The van der Waals surface area contributed by atoms with Gasteiger partial charge in [0.2, 0.25) is 0 Å². The fourth-order valence-electron chi connectivity index (χ4n) is 1.85. The molecule has 0 saturated heterocycles.